The summed E-state index contributed by atoms with van der Waals surface area (Å²) in [5, 5.41) is 19.2. The Morgan fingerprint density at radius 2 is 2.09 bits per heavy atom. The second kappa shape index (κ2) is 6.58. The molecule has 3 rings (SSSR count). The number of nitrogens with zero attached hydrogens (tertiary/aromatic N) is 4. The standard InChI is InChI=1S/C16H14N6O/c1-23-13-6-4-11(5-7-13)16-20-14(21-22-16)10-19-15-12(9-17)3-2-8-18-15/h2-8H,10H2,1H3,(H,18,19)(H,20,21,22). The summed E-state index contributed by atoms with van der Waals surface area (Å²) in [5.74, 6) is 2.57. The molecule has 0 saturated heterocycles. The van der Waals surface area contributed by atoms with Crippen LogP contribution in [-0.2, 0) is 6.54 Å². The van der Waals surface area contributed by atoms with Gasteiger partial charge in [0, 0.05) is 11.8 Å². The van der Waals surface area contributed by atoms with Gasteiger partial charge in [0.1, 0.15) is 23.5 Å². The molecule has 0 aliphatic rings. The van der Waals surface area contributed by atoms with Crippen molar-refractivity contribution in [3.63, 3.8) is 0 Å². The van der Waals surface area contributed by atoms with Crippen LogP contribution in [0.2, 0.25) is 0 Å². The molecule has 0 bridgehead atoms. The molecule has 1 aromatic carbocycles. The van der Waals surface area contributed by atoms with E-state index in [0.717, 1.165) is 11.3 Å². The molecular weight excluding hydrogens is 292 g/mol. The van der Waals surface area contributed by atoms with Gasteiger partial charge in [0.2, 0.25) is 0 Å². The third kappa shape index (κ3) is 3.27. The van der Waals surface area contributed by atoms with Crippen LogP contribution in [-0.4, -0.2) is 27.3 Å². The first-order chi connectivity index (χ1) is 11.3. The molecule has 114 valence electrons. The number of hydrogen-bond acceptors (Lipinski definition) is 6. The summed E-state index contributed by atoms with van der Waals surface area (Å²) in [6, 6.07) is 13.0. The molecule has 2 aromatic heterocycles. The van der Waals surface area contributed by atoms with Crippen LogP contribution in [0.1, 0.15) is 11.4 Å². The summed E-state index contributed by atoms with van der Waals surface area (Å²) in [5.41, 5.74) is 1.38. The van der Waals surface area contributed by atoms with Crippen LogP contribution in [0.4, 0.5) is 5.82 Å². The normalized spacial score (nSPS) is 10.1. The van der Waals surface area contributed by atoms with Crippen molar-refractivity contribution in [2.45, 2.75) is 6.54 Å². The molecule has 2 N–H and O–H groups in total. The van der Waals surface area contributed by atoms with Crippen molar-refractivity contribution in [2.24, 2.45) is 0 Å². The second-order valence-electron chi connectivity index (χ2n) is 4.70. The van der Waals surface area contributed by atoms with E-state index in [2.05, 4.69) is 31.6 Å². The second-order valence-corrected chi connectivity index (χ2v) is 4.70. The summed E-state index contributed by atoms with van der Waals surface area (Å²) >= 11 is 0. The molecule has 0 radical (unpaired) electrons. The molecule has 2 heterocycles. The Morgan fingerprint density at radius 3 is 2.83 bits per heavy atom. The van der Waals surface area contributed by atoms with Crippen LogP contribution >= 0.6 is 0 Å². The predicted octanol–water partition coefficient (Wildman–Crippen LogP) is 2.36. The van der Waals surface area contributed by atoms with E-state index in [4.69, 9.17) is 10.00 Å². The number of pyridine rings is 1. The maximum atomic E-state index is 9.04. The van der Waals surface area contributed by atoms with Crippen molar-refractivity contribution < 1.29 is 4.74 Å². The summed E-state index contributed by atoms with van der Waals surface area (Å²) in [7, 11) is 1.62. The molecule has 7 heteroatoms. The fourth-order valence-electron chi connectivity index (χ4n) is 2.05. The van der Waals surface area contributed by atoms with E-state index in [9.17, 15) is 0 Å². The van der Waals surface area contributed by atoms with Gasteiger partial charge in [-0.05, 0) is 36.4 Å². The van der Waals surface area contributed by atoms with Crippen LogP contribution in [0.5, 0.6) is 5.75 Å². The highest BCUT2D eigenvalue weighted by molar-refractivity contribution is 5.56. The van der Waals surface area contributed by atoms with Crippen molar-refractivity contribution in [2.75, 3.05) is 12.4 Å². The van der Waals surface area contributed by atoms with Crippen LogP contribution in [0.25, 0.3) is 11.4 Å². The minimum atomic E-state index is 0.398. The fourth-order valence-corrected chi connectivity index (χ4v) is 2.05. The van der Waals surface area contributed by atoms with Gasteiger partial charge in [-0.2, -0.15) is 10.4 Å². The highest BCUT2D eigenvalue weighted by Crippen LogP contribution is 2.19. The Morgan fingerprint density at radius 1 is 1.26 bits per heavy atom. The SMILES string of the molecule is COc1ccc(-c2n[nH]c(CNc3ncccc3C#N)n2)cc1. The van der Waals surface area contributed by atoms with Crippen molar-refractivity contribution >= 4 is 5.82 Å². The average Bonchev–Trinajstić information content (AvgIpc) is 3.09. The van der Waals surface area contributed by atoms with Crippen molar-refractivity contribution in [3.8, 4) is 23.2 Å². The molecule has 7 nitrogen and oxygen atoms in total. The van der Waals surface area contributed by atoms with Crippen LogP contribution in [0, 0.1) is 11.3 Å². The lowest BCUT2D eigenvalue weighted by Gasteiger charge is -2.04. The summed E-state index contributed by atoms with van der Waals surface area (Å²) in [4.78, 5) is 8.56. The number of aromatic nitrogens is 4. The summed E-state index contributed by atoms with van der Waals surface area (Å²) < 4.78 is 5.13. The van der Waals surface area contributed by atoms with Gasteiger partial charge in [-0.1, -0.05) is 0 Å². The topological polar surface area (TPSA) is 99.5 Å². The zero-order valence-corrected chi connectivity index (χ0v) is 12.4. The van der Waals surface area contributed by atoms with Gasteiger partial charge in [0.15, 0.2) is 5.82 Å². The van der Waals surface area contributed by atoms with E-state index in [-0.39, 0.29) is 0 Å². The highest BCUT2D eigenvalue weighted by Gasteiger charge is 2.07. The van der Waals surface area contributed by atoms with Crippen LogP contribution in [0.3, 0.4) is 0 Å². The number of anilines is 1. The molecule has 0 atom stereocenters. The average molecular weight is 306 g/mol. The van der Waals surface area contributed by atoms with Crippen molar-refractivity contribution in [1.29, 1.82) is 5.26 Å². The van der Waals surface area contributed by atoms with Gasteiger partial charge in [0.05, 0.1) is 19.2 Å². The molecule has 0 spiro atoms. The minimum absolute atomic E-state index is 0.398. The number of nitriles is 1. The third-order valence-corrected chi connectivity index (χ3v) is 3.23. The molecule has 0 fully saturated rings. The number of H-pyrrole nitrogens is 1. The third-order valence-electron chi connectivity index (χ3n) is 3.23. The first-order valence-electron chi connectivity index (χ1n) is 6.95. The Balaban J connectivity index is 1.71. The summed E-state index contributed by atoms with van der Waals surface area (Å²) in [6.45, 7) is 0.398. The molecule has 0 unspecified atom stereocenters. The van der Waals surface area contributed by atoms with Crippen molar-refractivity contribution in [3.05, 3.63) is 54.0 Å². The fraction of sp³-hybridized carbons (Fsp3) is 0.125. The monoisotopic (exact) mass is 306 g/mol. The number of nitrogens with one attached hydrogen (secondary N) is 2. The number of rotatable bonds is 5. The van der Waals surface area contributed by atoms with Gasteiger partial charge in [-0.3, -0.25) is 5.10 Å². The number of ether oxygens (including phenoxy) is 1. The Labute approximate surface area is 133 Å². The first-order valence-corrected chi connectivity index (χ1v) is 6.95. The molecule has 23 heavy (non-hydrogen) atoms. The zero-order chi connectivity index (χ0) is 16.1. The van der Waals surface area contributed by atoms with Gasteiger partial charge in [0.25, 0.3) is 0 Å². The van der Waals surface area contributed by atoms with Gasteiger partial charge in [-0.25, -0.2) is 9.97 Å². The quantitative estimate of drug-likeness (QED) is 0.750. The maximum absolute atomic E-state index is 9.04. The number of benzene rings is 1. The van der Waals surface area contributed by atoms with E-state index < -0.39 is 0 Å². The molecule has 0 amide bonds. The van der Waals surface area contributed by atoms with Gasteiger partial charge in [-0.15, -0.1) is 0 Å². The molecule has 3 aromatic rings. The zero-order valence-electron chi connectivity index (χ0n) is 12.4. The van der Waals surface area contributed by atoms with Crippen molar-refractivity contribution in [1.82, 2.24) is 20.2 Å². The Kier molecular flexibility index (Phi) is 4.16. The lowest BCUT2D eigenvalue weighted by Crippen LogP contribution is -2.04. The van der Waals surface area contributed by atoms with Crippen LogP contribution in [0.15, 0.2) is 42.6 Å². The Bertz CT molecular complexity index is 834. The number of hydrogen-bond donors (Lipinski definition) is 2. The lowest BCUT2D eigenvalue weighted by molar-refractivity contribution is 0.415. The minimum Gasteiger partial charge on any atom is -0.497 e. The number of methoxy groups -OCH3 is 1. The molecule has 0 aliphatic heterocycles. The van der Waals surface area contributed by atoms with Gasteiger partial charge < -0.3 is 10.1 Å². The van der Waals surface area contributed by atoms with E-state index in [0.29, 0.717) is 29.6 Å². The highest BCUT2D eigenvalue weighted by atomic mass is 16.5. The summed E-state index contributed by atoms with van der Waals surface area (Å²) in [6.07, 6.45) is 1.63. The predicted molar refractivity (Wildman–Crippen MR) is 84.6 cm³/mol. The largest absolute Gasteiger partial charge is 0.497 e. The maximum Gasteiger partial charge on any atom is 0.181 e. The van der Waals surface area contributed by atoms with Gasteiger partial charge >= 0.3 is 0 Å². The van der Waals surface area contributed by atoms with E-state index >= 15 is 0 Å². The number of aromatic amines is 1. The van der Waals surface area contributed by atoms with E-state index in [1.54, 1.807) is 25.4 Å². The first kappa shape index (κ1) is 14.5. The molecule has 0 saturated carbocycles. The molecule has 0 aliphatic carbocycles. The van der Waals surface area contributed by atoms with E-state index in [1.165, 1.54) is 0 Å². The molecular formula is C16H14N6O. The Hall–Kier alpha value is -3.40. The van der Waals surface area contributed by atoms with E-state index in [1.807, 2.05) is 24.3 Å². The smallest absolute Gasteiger partial charge is 0.181 e. The lowest BCUT2D eigenvalue weighted by atomic mass is 10.2. The van der Waals surface area contributed by atoms with Crippen LogP contribution < -0.4 is 10.1 Å².